The lowest BCUT2D eigenvalue weighted by Crippen LogP contribution is -1.87. The van der Waals surface area contributed by atoms with E-state index in [1.807, 2.05) is 17.5 Å². The first-order valence-corrected chi connectivity index (χ1v) is 7.05. The Balaban J connectivity index is 2.21. The Labute approximate surface area is 123 Å². The molecule has 2 heterocycles. The zero-order valence-corrected chi connectivity index (χ0v) is 11.9. The van der Waals surface area contributed by atoms with Gasteiger partial charge in [-0.25, -0.2) is 0 Å². The van der Waals surface area contributed by atoms with Gasteiger partial charge in [0.15, 0.2) is 11.6 Å². The second kappa shape index (κ2) is 4.89. The summed E-state index contributed by atoms with van der Waals surface area (Å²) in [7, 11) is 0. The molecule has 3 aromatic rings. The van der Waals surface area contributed by atoms with Gasteiger partial charge in [0.2, 0.25) is 0 Å². The monoisotopic (exact) mass is 310 g/mol. The molecule has 0 fully saturated rings. The molecule has 0 radical (unpaired) electrons. The lowest BCUT2D eigenvalue weighted by Gasteiger charge is -2.03. The Morgan fingerprint density at radius 1 is 1.21 bits per heavy atom. The van der Waals surface area contributed by atoms with Crippen LogP contribution < -0.4 is 5.73 Å². The van der Waals surface area contributed by atoms with Gasteiger partial charge in [-0.3, -0.25) is 0 Å². The Bertz CT molecular complexity index is 722. The summed E-state index contributed by atoms with van der Waals surface area (Å²) in [5.74, 6) is 0.907. The predicted octanol–water partition coefficient (Wildman–Crippen LogP) is 4.96. The van der Waals surface area contributed by atoms with Crippen LogP contribution in [0.4, 0.5) is 5.82 Å². The van der Waals surface area contributed by atoms with Crippen LogP contribution in [0, 0.1) is 0 Å². The highest BCUT2D eigenvalue weighted by atomic mass is 35.5. The molecule has 1 aromatic carbocycles. The van der Waals surface area contributed by atoms with Crippen LogP contribution in [0.5, 0.6) is 0 Å². The lowest BCUT2D eigenvalue weighted by molar-refractivity contribution is 0.436. The van der Waals surface area contributed by atoms with E-state index >= 15 is 0 Å². The molecular weight excluding hydrogens is 303 g/mol. The van der Waals surface area contributed by atoms with Crippen molar-refractivity contribution in [2.24, 2.45) is 0 Å². The van der Waals surface area contributed by atoms with Gasteiger partial charge >= 0.3 is 0 Å². The number of anilines is 1. The summed E-state index contributed by atoms with van der Waals surface area (Å²) in [6, 6.07) is 9.11. The van der Waals surface area contributed by atoms with Gasteiger partial charge in [0.05, 0.1) is 10.6 Å². The van der Waals surface area contributed by atoms with Gasteiger partial charge in [-0.1, -0.05) is 34.4 Å². The molecule has 96 valence electrons. The zero-order chi connectivity index (χ0) is 13.4. The highest BCUT2D eigenvalue weighted by Crippen LogP contribution is 2.41. The quantitative estimate of drug-likeness (QED) is 0.728. The number of aromatic nitrogens is 1. The fourth-order valence-corrected chi connectivity index (χ4v) is 3.09. The number of nitrogen functional groups attached to an aromatic ring is 1. The molecule has 0 amide bonds. The predicted molar refractivity (Wildman–Crippen MR) is 79.7 cm³/mol. The van der Waals surface area contributed by atoms with Crippen LogP contribution in [0.1, 0.15) is 0 Å². The van der Waals surface area contributed by atoms with Crippen LogP contribution in [0.2, 0.25) is 10.0 Å². The van der Waals surface area contributed by atoms with Crippen molar-refractivity contribution < 1.29 is 4.52 Å². The number of halogens is 2. The molecule has 2 aromatic heterocycles. The molecule has 0 atom stereocenters. The molecule has 0 spiro atoms. The van der Waals surface area contributed by atoms with E-state index < -0.39 is 0 Å². The molecule has 0 saturated carbocycles. The first-order valence-electron chi connectivity index (χ1n) is 5.41. The SMILES string of the molecule is Nc1noc(-c2ccc(Cl)cc2Cl)c1-c1cccs1. The normalized spacial score (nSPS) is 10.8. The Hall–Kier alpha value is -1.49. The molecule has 3 rings (SSSR count). The average Bonchev–Trinajstić information content (AvgIpc) is 2.98. The van der Waals surface area contributed by atoms with Crippen molar-refractivity contribution >= 4 is 40.4 Å². The van der Waals surface area contributed by atoms with Crippen molar-refractivity contribution in [3.63, 3.8) is 0 Å². The number of rotatable bonds is 2. The molecule has 3 nitrogen and oxygen atoms in total. The second-order valence-electron chi connectivity index (χ2n) is 3.87. The minimum atomic E-state index is 0.350. The molecule has 0 unspecified atom stereocenters. The van der Waals surface area contributed by atoms with E-state index in [0.717, 1.165) is 16.0 Å². The summed E-state index contributed by atoms with van der Waals surface area (Å²) in [6.45, 7) is 0. The average molecular weight is 311 g/mol. The van der Waals surface area contributed by atoms with E-state index in [9.17, 15) is 0 Å². The molecule has 0 aliphatic heterocycles. The third kappa shape index (κ3) is 2.23. The summed E-state index contributed by atoms with van der Waals surface area (Å²) in [5.41, 5.74) is 7.37. The summed E-state index contributed by atoms with van der Waals surface area (Å²) in [5, 5.41) is 6.87. The largest absolute Gasteiger partial charge is 0.380 e. The first-order chi connectivity index (χ1) is 9.16. The van der Waals surface area contributed by atoms with Crippen molar-refractivity contribution in [1.82, 2.24) is 5.16 Å². The minimum absolute atomic E-state index is 0.350. The molecule has 0 saturated heterocycles. The van der Waals surface area contributed by atoms with Crippen molar-refractivity contribution in [1.29, 1.82) is 0 Å². The highest BCUT2D eigenvalue weighted by Gasteiger charge is 2.20. The number of nitrogens with zero attached hydrogens (tertiary/aromatic N) is 1. The van der Waals surface area contributed by atoms with Crippen molar-refractivity contribution in [2.45, 2.75) is 0 Å². The van der Waals surface area contributed by atoms with Crippen LogP contribution in [0.25, 0.3) is 21.8 Å². The fraction of sp³-hybridized carbons (Fsp3) is 0. The Morgan fingerprint density at radius 3 is 2.74 bits per heavy atom. The number of nitrogens with two attached hydrogens (primary N) is 1. The number of benzene rings is 1. The summed E-state index contributed by atoms with van der Waals surface area (Å²) in [6.07, 6.45) is 0. The first kappa shape index (κ1) is 12.5. The van der Waals surface area contributed by atoms with Crippen LogP contribution >= 0.6 is 34.5 Å². The summed E-state index contributed by atoms with van der Waals surface area (Å²) >= 11 is 13.7. The van der Waals surface area contributed by atoms with Crippen molar-refractivity contribution in [2.75, 3.05) is 5.73 Å². The van der Waals surface area contributed by atoms with Gasteiger partial charge in [-0.15, -0.1) is 11.3 Å². The van der Waals surface area contributed by atoms with Crippen molar-refractivity contribution in [3.05, 3.63) is 45.8 Å². The van der Waals surface area contributed by atoms with Gasteiger partial charge in [0.25, 0.3) is 0 Å². The van der Waals surface area contributed by atoms with Gasteiger partial charge in [0.1, 0.15) is 0 Å². The van der Waals surface area contributed by atoms with E-state index in [1.54, 1.807) is 29.5 Å². The molecular formula is C13H8Cl2N2OS. The molecule has 6 heteroatoms. The third-order valence-electron chi connectivity index (χ3n) is 2.66. The van der Waals surface area contributed by atoms with E-state index in [0.29, 0.717) is 21.6 Å². The maximum Gasteiger partial charge on any atom is 0.179 e. The molecule has 0 aliphatic carbocycles. The second-order valence-corrected chi connectivity index (χ2v) is 5.66. The van der Waals surface area contributed by atoms with E-state index in [-0.39, 0.29) is 0 Å². The number of hydrogen-bond acceptors (Lipinski definition) is 4. The maximum absolute atomic E-state index is 6.20. The van der Waals surface area contributed by atoms with Crippen LogP contribution in [-0.2, 0) is 0 Å². The van der Waals surface area contributed by atoms with Crippen LogP contribution in [-0.4, -0.2) is 5.16 Å². The molecule has 2 N–H and O–H groups in total. The minimum Gasteiger partial charge on any atom is -0.380 e. The standard InChI is InChI=1S/C13H8Cl2N2OS/c14-7-3-4-8(9(15)6-7)12-11(13(16)17-18-12)10-2-1-5-19-10/h1-6H,(H2,16,17). The lowest BCUT2D eigenvalue weighted by atomic mass is 10.1. The summed E-state index contributed by atoms with van der Waals surface area (Å²) in [4.78, 5) is 0.986. The van der Waals surface area contributed by atoms with Gasteiger partial charge in [-0.2, -0.15) is 0 Å². The third-order valence-corrected chi connectivity index (χ3v) is 4.10. The highest BCUT2D eigenvalue weighted by molar-refractivity contribution is 7.13. The maximum atomic E-state index is 6.20. The zero-order valence-electron chi connectivity index (χ0n) is 9.56. The van der Waals surface area contributed by atoms with E-state index in [1.165, 1.54) is 0 Å². The molecule has 19 heavy (non-hydrogen) atoms. The summed E-state index contributed by atoms with van der Waals surface area (Å²) < 4.78 is 5.33. The molecule has 0 aliphatic rings. The number of hydrogen-bond donors (Lipinski definition) is 1. The smallest absolute Gasteiger partial charge is 0.179 e. The van der Waals surface area contributed by atoms with E-state index in [2.05, 4.69) is 5.16 Å². The fourth-order valence-electron chi connectivity index (χ4n) is 1.82. The van der Waals surface area contributed by atoms with Gasteiger partial charge < -0.3 is 10.3 Å². The Kier molecular flexibility index (Phi) is 3.22. The van der Waals surface area contributed by atoms with E-state index in [4.69, 9.17) is 33.5 Å². The van der Waals surface area contributed by atoms with Gasteiger partial charge in [-0.05, 0) is 29.6 Å². The topological polar surface area (TPSA) is 52.0 Å². The van der Waals surface area contributed by atoms with Crippen molar-refractivity contribution in [3.8, 4) is 21.8 Å². The van der Waals surface area contributed by atoms with Gasteiger partial charge in [0, 0.05) is 15.5 Å². The molecule has 0 bridgehead atoms. The van der Waals surface area contributed by atoms with Crippen LogP contribution in [0.3, 0.4) is 0 Å². The van der Waals surface area contributed by atoms with Crippen LogP contribution in [0.15, 0.2) is 40.2 Å². The Morgan fingerprint density at radius 2 is 2.05 bits per heavy atom. The number of thiophene rings is 1.